The minimum Gasteiger partial charge on any atom is -0.0718 e. The van der Waals surface area contributed by atoms with Gasteiger partial charge in [0.1, 0.15) is 0 Å². The molecule has 0 aromatic rings. The van der Waals surface area contributed by atoms with E-state index in [1.807, 2.05) is 0 Å². The number of hydrogen-bond acceptors (Lipinski definition) is 0. The van der Waals surface area contributed by atoms with Crippen molar-refractivity contribution in [1.29, 1.82) is 0 Å². The normalized spacial score (nSPS) is 24.6. The van der Waals surface area contributed by atoms with Crippen molar-refractivity contribution in [3.05, 3.63) is 0 Å². The Labute approximate surface area is 66.6 Å². The van der Waals surface area contributed by atoms with Gasteiger partial charge in [-0.1, -0.05) is 51.6 Å². The van der Waals surface area contributed by atoms with E-state index >= 15 is 0 Å². The van der Waals surface area contributed by atoms with Crippen LogP contribution < -0.4 is 0 Å². The van der Waals surface area contributed by atoms with Crippen molar-refractivity contribution in [2.45, 2.75) is 57.2 Å². The fourth-order valence-electron chi connectivity index (χ4n) is 2.04. The molecule has 0 N–H and O–H groups in total. The lowest BCUT2D eigenvalue weighted by molar-refractivity contribution is 0.496. The summed E-state index contributed by atoms with van der Waals surface area (Å²) in [7, 11) is -0.263. The predicted octanol–water partition coefficient (Wildman–Crippen LogP) is 3.20. The third-order valence-electron chi connectivity index (χ3n) is 3.10. The first-order valence-corrected chi connectivity index (χ1v) is 7.48. The van der Waals surface area contributed by atoms with Gasteiger partial charge in [0.05, 0.1) is 0 Å². The molecular weight excluding hydrogens is 136 g/mol. The largest absolute Gasteiger partial charge is 0.0718 e. The molecule has 1 fully saturated rings. The zero-order valence-electron chi connectivity index (χ0n) is 7.40. The van der Waals surface area contributed by atoms with Crippen LogP contribution in [0, 0.1) is 0 Å². The van der Waals surface area contributed by atoms with E-state index < -0.39 is 0 Å². The maximum absolute atomic E-state index is 2.55. The standard InChI is InChI=1S/C9H20Si/c1-3-10(2)9-7-5-4-6-8-9/h9-10H,3-8H2,1-2H3. The summed E-state index contributed by atoms with van der Waals surface area (Å²) < 4.78 is 0. The molecule has 0 heterocycles. The molecule has 0 spiro atoms. The molecular formula is C9H20Si. The van der Waals surface area contributed by atoms with Gasteiger partial charge in [0.15, 0.2) is 0 Å². The molecule has 1 aliphatic rings. The van der Waals surface area contributed by atoms with Gasteiger partial charge in [0, 0.05) is 8.80 Å². The Hall–Kier alpha value is 0.217. The topological polar surface area (TPSA) is 0 Å². The Morgan fingerprint density at radius 3 is 2.30 bits per heavy atom. The quantitative estimate of drug-likeness (QED) is 0.539. The summed E-state index contributed by atoms with van der Waals surface area (Å²) >= 11 is 0. The lowest BCUT2D eigenvalue weighted by atomic mass is 10.0. The predicted molar refractivity (Wildman–Crippen MR) is 50.3 cm³/mol. The van der Waals surface area contributed by atoms with Crippen molar-refractivity contribution in [2.24, 2.45) is 0 Å². The zero-order chi connectivity index (χ0) is 7.40. The van der Waals surface area contributed by atoms with Crippen molar-refractivity contribution in [1.82, 2.24) is 0 Å². The summed E-state index contributed by atoms with van der Waals surface area (Å²) in [6, 6.07) is 1.52. The monoisotopic (exact) mass is 156 g/mol. The molecule has 1 aliphatic carbocycles. The van der Waals surface area contributed by atoms with Gasteiger partial charge in [0.25, 0.3) is 0 Å². The van der Waals surface area contributed by atoms with Gasteiger partial charge in [-0.3, -0.25) is 0 Å². The van der Waals surface area contributed by atoms with Crippen LogP contribution in [0.3, 0.4) is 0 Å². The summed E-state index contributed by atoms with van der Waals surface area (Å²) in [4.78, 5) is 0. The summed E-state index contributed by atoms with van der Waals surface area (Å²) in [6.45, 7) is 4.93. The van der Waals surface area contributed by atoms with E-state index in [2.05, 4.69) is 13.5 Å². The molecule has 10 heavy (non-hydrogen) atoms. The van der Waals surface area contributed by atoms with E-state index in [0.717, 1.165) is 0 Å². The van der Waals surface area contributed by atoms with E-state index in [-0.39, 0.29) is 8.80 Å². The molecule has 0 bridgehead atoms. The van der Waals surface area contributed by atoms with Crippen LogP contribution in [0.1, 0.15) is 39.0 Å². The molecule has 1 heteroatoms. The van der Waals surface area contributed by atoms with Crippen molar-refractivity contribution in [2.75, 3.05) is 0 Å². The highest BCUT2D eigenvalue weighted by Crippen LogP contribution is 2.32. The van der Waals surface area contributed by atoms with Crippen LogP contribution in [-0.2, 0) is 0 Å². The van der Waals surface area contributed by atoms with Gasteiger partial charge >= 0.3 is 0 Å². The molecule has 1 rings (SSSR count). The minimum absolute atomic E-state index is 0.263. The highest BCUT2D eigenvalue weighted by molar-refractivity contribution is 6.58. The van der Waals surface area contributed by atoms with Gasteiger partial charge in [0.2, 0.25) is 0 Å². The van der Waals surface area contributed by atoms with E-state index in [0.29, 0.717) is 0 Å². The Balaban J connectivity index is 2.24. The Bertz CT molecular complexity index is 84.7. The highest BCUT2D eigenvalue weighted by atomic mass is 28.3. The third kappa shape index (κ3) is 2.12. The van der Waals surface area contributed by atoms with Gasteiger partial charge in [-0.25, -0.2) is 0 Å². The van der Waals surface area contributed by atoms with Crippen molar-refractivity contribution in [3.63, 3.8) is 0 Å². The van der Waals surface area contributed by atoms with Crippen LogP contribution >= 0.6 is 0 Å². The molecule has 0 saturated heterocycles. The second-order valence-electron chi connectivity index (χ2n) is 3.78. The van der Waals surface area contributed by atoms with Crippen LogP contribution in [0.2, 0.25) is 18.1 Å². The SMILES string of the molecule is CC[SiH](C)C1CCCCC1. The molecule has 1 unspecified atom stereocenters. The number of rotatable bonds is 2. The summed E-state index contributed by atoms with van der Waals surface area (Å²) in [5.74, 6) is 0. The molecule has 0 aromatic carbocycles. The number of hydrogen-bond donors (Lipinski definition) is 0. The molecule has 0 aromatic heterocycles. The Kier molecular flexibility index (Phi) is 3.47. The second-order valence-corrected chi connectivity index (χ2v) is 7.50. The smallest absolute Gasteiger partial charge is 0.0365 e. The van der Waals surface area contributed by atoms with Gasteiger partial charge in [-0.15, -0.1) is 0 Å². The van der Waals surface area contributed by atoms with Crippen LogP contribution in [0.15, 0.2) is 0 Å². The summed E-state index contributed by atoms with van der Waals surface area (Å²) in [5.41, 5.74) is 1.21. The second kappa shape index (κ2) is 4.17. The van der Waals surface area contributed by atoms with Gasteiger partial charge in [-0.05, 0) is 5.54 Å². The van der Waals surface area contributed by atoms with Crippen LogP contribution in [0.25, 0.3) is 0 Å². The average Bonchev–Trinajstić information content (AvgIpc) is 2.05. The zero-order valence-corrected chi connectivity index (χ0v) is 8.55. The molecule has 0 radical (unpaired) electrons. The first-order valence-electron chi connectivity index (χ1n) is 4.84. The van der Waals surface area contributed by atoms with E-state index in [1.54, 1.807) is 12.8 Å². The molecule has 60 valence electrons. The van der Waals surface area contributed by atoms with Crippen molar-refractivity contribution in [3.8, 4) is 0 Å². The molecule has 1 atom stereocenters. The average molecular weight is 156 g/mol. The first kappa shape index (κ1) is 8.31. The van der Waals surface area contributed by atoms with Crippen LogP contribution in [-0.4, -0.2) is 8.80 Å². The Morgan fingerprint density at radius 1 is 1.20 bits per heavy atom. The summed E-state index contributed by atoms with van der Waals surface area (Å²) in [5, 5.41) is 0. The molecule has 1 saturated carbocycles. The van der Waals surface area contributed by atoms with Crippen LogP contribution in [0.4, 0.5) is 0 Å². The third-order valence-corrected chi connectivity index (χ3v) is 6.66. The van der Waals surface area contributed by atoms with Crippen molar-refractivity contribution < 1.29 is 0 Å². The fraction of sp³-hybridized carbons (Fsp3) is 1.00. The van der Waals surface area contributed by atoms with Gasteiger partial charge < -0.3 is 0 Å². The summed E-state index contributed by atoms with van der Waals surface area (Å²) in [6.07, 6.45) is 7.72. The first-order chi connectivity index (χ1) is 4.84. The lowest BCUT2D eigenvalue weighted by Gasteiger charge is -2.25. The minimum atomic E-state index is -0.263. The lowest BCUT2D eigenvalue weighted by Crippen LogP contribution is -2.17. The molecule has 0 amide bonds. The van der Waals surface area contributed by atoms with E-state index in [9.17, 15) is 0 Å². The van der Waals surface area contributed by atoms with Crippen LogP contribution in [0.5, 0.6) is 0 Å². The molecule has 0 aliphatic heterocycles. The van der Waals surface area contributed by atoms with E-state index in [4.69, 9.17) is 0 Å². The highest BCUT2D eigenvalue weighted by Gasteiger charge is 2.18. The van der Waals surface area contributed by atoms with Crippen molar-refractivity contribution >= 4 is 8.80 Å². The Morgan fingerprint density at radius 2 is 1.80 bits per heavy atom. The maximum atomic E-state index is 2.55. The maximum Gasteiger partial charge on any atom is 0.0365 e. The van der Waals surface area contributed by atoms with E-state index in [1.165, 1.54) is 30.8 Å². The fourth-order valence-corrected chi connectivity index (χ4v) is 4.31. The van der Waals surface area contributed by atoms with Gasteiger partial charge in [-0.2, -0.15) is 0 Å². The molecule has 0 nitrogen and oxygen atoms in total.